The number of rotatable bonds is 4. The number of aromatic nitrogens is 2. The van der Waals surface area contributed by atoms with Crippen LogP contribution in [0.25, 0.3) is 0 Å². The minimum atomic E-state index is -0.358. The first-order chi connectivity index (χ1) is 9.52. The third-order valence-corrected chi connectivity index (χ3v) is 3.27. The Kier molecular flexibility index (Phi) is 4.51. The number of nitrogens with one attached hydrogen (secondary N) is 2. The molecule has 1 aromatic heterocycles. The highest BCUT2D eigenvalue weighted by Gasteiger charge is 2.15. The summed E-state index contributed by atoms with van der Waals surface area (Å²) in [5.74, 6) is 6.27. The molecule has 0 amide bonds. The summed E-state index contributed by atoms with van der Waals surface area (Å²) in [6, 6.07) is 4.67. The van der Waals surface area contributed by atoms with Crippen LogP contribution in [-0.4, -0.2) is 9.97 Å². The average molecular weight is 340 g/mol. The molecule has 0 saturated carbocycles. The lowest BCUT2D eigenvalue weighted by Gasteiger charge is -2.16. The van der Waals surface area contributed by atoms with Crippen LogP contribution in [-0.2, 0) is 0 Å². The van der Waals surface area contributed by atoms with Gasteiger partial charge in [-0.3, -0.25) is 0 Å². The monoisotopic (exact) mass is 339 g/mol. The van der Waals surface area contributed by atoms with Crippen molar-refractivity contribution in [2.45, 2.75) is 19.8 Å². The predicted octanol–water partition coefficient (Wildman–Crippen LogP) is 3.53. The van der Waals surface area contributed by atoms with Crippen LogP contribution in [0.4, 0.5) is 21.7 Å². The van der Waals surface area contributed by atoms with Crippen molar-refractivity contribution in [2.24, 2.45) is 5.84 Å². The van der Waals surface area contributed by atoms with Crippen molar-refractivity contribution < 1.29 is 4.39 Å². The van der Waals surface area contributed by atoms with Gasteiger partial charge < -0.3 is 10.7 Å². The Morgan fingerprint density at radius 2 is 1.95 bits per heavy atom. The first kappa shape index (κ1) is 14.7. The Labute approximate surface area is 124 Å². The van der Waals surface area contributed by atoms with E-state index in [9.17, 15) is 4.39 Å². The van der Waals surface area contributed by atoms with Crippen LogP contribution >= 0.6 is 15.9 Å². The van der Waals surface area contributed by atoms with Gasteiger partial charge in [0.2, 0.25) is 0 Å². The zero-order valence-corrected chi connectivity index (χ0v) is 12.7. The van der Waals surface area contributed by atoms with Gasteiger partial charge in [0.05, 0.1) is 5.69 Å². The average Bonchev–Trinajstić information content (AvgIpc) is 2.42. The van der Waals surface area contributed by atoms with Gasteiger partial charge in [0.1, 0.15) is 23.8 Å². The summed E-state index contributed by atoms with van der Waals surface area (Å²) < 4.78 is 14.6. The molecule has 2 aromatic rings. The Bertz CT molecular complexity index is 618. The number of benzene rings is 1. The molecule has 20 heavy (non-hydrogen) atoms. The fraction of sp³-hybridized carbons (Fsp3) is 0.231. The van der Waals surface area contributed by atoms with Gasteiger partial charge in [0.15, 0.2) is 0 Å². The van der Waals surface area contributed by atoms with E-state index in [0.29, 0.717) is 17.3 Å². The minimum Gasteiger partial charge on any atom is -0.337 e. The van der Waals surface area contributed by atoms with E-state index < -0.39 is 0 Å². The SMILES string of the molecule is CC(C)c1c(NN)ncnc1Nc1cc(Br)ccc1F. The van der Waals surface area contributed by atoms with Crippen LogP contribution in [0.15, 0.2) is 29.0 Å². The molecule has 2 rings (SSSR count). The van der Waals surface area contributed by atoms with Crippen molar-refractivity contribution in [1.82, 2.24) is 9.97 Å². The highest BCUT2D eigenvalue weighted by atomic mass is 79.9. The largest absolute Gasteiger partial charge is 0.337 e. The lowest BCUT2D eigenvalue weighted by molar-refractivity contribution is 0.631. The molecule has 0 aliphatic heterocycles. The Hall–Kier alpha value is -1.73. The lowest BCUT2D eigenvalue weighted by Crippen LogP contribution is -2.14. The fourth-order valence-corrected chi connectivity index (χ4v) is 2.24. The summed E-state index contributed by atoms with van der Waals surface area (Å²) in [6.07, 6.45) is 1.37. The molecular weight excluding hydrogens is 325 g/mol. The molecule has 0 atom stereocenters. The van der Waals surface area contributed by atoms with Gasteiger partial charge in [-0.05, 0) is 24.1 Å². The van der Waals surface area contributed by atoms with E-state index in [1.165, 1.54) is 12.4 Å². The number of nitrogen functional groups attached to an aromatic ring is 1. The third-order valence-electron chi connectivity index (χ3n) is 2.78. The van der Waals surface area contributed by atoms with E-state index in [0.717, 1.165) is 10.0 Å². The van der Waals surface area contributed by atoms with E-state index in [-0.39, 0.29) is 11.7 Å². The molecule has 7 heteroatoms. The van der Waals surface area contributed by atoms with Crippen LogP contribution in [0, 0.1) is 5.82 Å². The van der Waals surface area contributed by atoms with Gasteiger partial charge in [0.25, 0.3) is 0 Å². The summed E-state index contributed by atoms with van der Waals surface area (Å²) in [5, 5.41) is 2.99. The molecule has 0 aliphatic carbocycles. The summed E-state index contributed by atoms with van der Waals surface area (Å²) in [4.78, 5) is 8.25. The normalized spacial score (nSPS) is 10.7. The second-order valence-electron chi connectivity index (χ2n) is 4.53. The quantitative estimate of drug-likeness (QED) is 0.586. The molecule has 0 spiro atoms. The third kappa shape index (κ3) is 3.05. The van der Waals surface area contributed by atoms with Crippen molar-refractivity contribution in [2.75, 3.05) is 10.7 Å². The topological polar surface area (TPSA) is 75.9 Å². The summed E-state index contributed by atoms with van der Waals surface area (Å²) in [5.41, 5.74) is 3.67. The molecule has 4 N–H and O–H groups in total. The number of nitrogens with zero attached hydrogens (tertiary/aromatic N) is 2. The molecule has 0 saturated heterocycles. The summed E-state index contributed by atoms with van der Waals surface area (Å²) >= 11 is 3.31. The van der Waals surface area contributed by atoms with E-state index >= 15 is 0 Å². The van der Waals surface area contributed by atoms with Gasteiger partial charge in [-0.1, -0.05) is 29.8 Å². The second-order valence-corrected chi connectivity index (χ2v) is 5.45. The molecule has 5 nitrogen and oxygen atoms in total. The second kappa shape index (κ2) is 6.15. The number of hydrazine groups is 1. The molecule has 1 aromatic carbocycles. The summed E-state index contributed by atoms with van der Waals surface area (Å²) in [7, 11) is 0. The van der Waals surface area contributed by atoms with Crippen molar-refractivity contribution in [1.29, 1.82) is 0 Å². The van der Waals surface area contributed by atoms with E-state index in [1.807, 2.05) is 13.8 Å². The fourth-order valence-electron chi connectivity index (χ4n) is 1.88. The van der Waals surface area contributed by atoms with E-state index in [1.54, 1.807) is 12.1 Å². The van der Waals surface area contributed by atoms with Crippen LogP contribution in [0.3, 0.4) is 0 Å². The van der Waals surface area contributed by atoms with Gasteiger partial charge in [-0.15, -0.1) is 0 Å². The summed E-state index contributed by atoms with van der Waals surface area (Å²) in [6.45, 7) is 3.98. The smallest absolute Gasteiger partial charge is 0.148 e. The van der Waals surface area contributed by atoms with Crippen LogP contribution in [0.1, 0.15) is 25.3 Å². The van der Waals surface area contributed by atoms with Gasteiger partial charge >= 0.3 is 0 Å². The number of hydrogen-bond donors (Lipinski definition) is 3. The zero-order valence-electron chi connectivity index (χ0n) is 11.1. The Balaban J connectivity index is 2.45. The highest BCUT2D eigenvalue weighted by molar-refractivity contribution is 9.10. The number of nitrogens with two attached hydrogens (primary N) is 1. The maximum absolute atomic E-state index is 13.8. The van der Waals surface area contributed by atoms with Crippen molar-refractivity contribution in [3.05, 3.63) is 40.4 Å². The molecular formula is C13H15BrFN5. The molecule has 0 aliphatic rings. The molecule has 0 unspecified atom stereocenters. The number of halogens is 2. The molecule has 0 bridgehead atoms. The number of hydrogen-bond acceptors (Lipinski definition) is 5. The van der Waals surface area contributed by atoms with Gasteiger partial charge in [-0.2, -0.15) is 0 Å². The van der Waals surface area contributed by atoms with Crippen LogP contribution in [0.2, 0.25) is 0 Å². The van der Waals surface area contributed by atoms with Crippen molar-refractivity contribution in [3.63, 3.8) is 0 Å². The molecule has 0 fully saturated rings. The first-order valence-electron chi connectivity index (χ1n) is 6.06. The zero-order chi connectivity index (χ0) is 14.7. The molecule has 0 radical (unpaired) electrons. The maximum atomic E-state index is 13.8. The standard InChI is InChI=1S/C13H15BrFN5/c1-7(2)11-12(17-6-18-13(11)20-16)19-10-5-8(14)3-4-9(10)15/h3-7H,16H2,1-2H3,(H2,17,18,19,20). The van der Waals surface area contributed by atoms with Crippen LogP contribution in [0.5, 0.6) is 0 Å². The lowest BCUT2D eigenvalue weighted by atomic mass is 10.0. The Morgan fingerprint density at radius 1 is 1.25 bits per heavy atom. The maximum Gasteiger partial charge on any atom is 0.148 e. The highest BCUT2D eigenvalue weighted by Crippen LogP contribution is 2.31. The van der Waals surface area contributed by atoms with E-state index in [4.69, 9.17) is 5.84 Å². The number of anilines is 3. The first-order valence-corrected chi connectivity index (χ1v) is 6.85. The molecule has 106 valence electrons. The Morgan fingerprint density at radius 3 is 2.60 bits per heavy atom. The predicted molar refractivity (Wildman–Crippen MR) is 81.3 cm³/mol. The van der Waals surface area contributed by atoms with Crippen molar-refractivity contribution in [3.8, 4) is 0 Å². The van der Waals surface area contributed by atoms with Gasteiger partial charge in [0, 0.05) is 10.0 Å². The van der Waals surface area contributed by atoms with Crippen LogP contribution < -0.4 is 16.6 Å². The van der Waals surface area contributed by atoms with Crippen molar-refractivity contribution >= 4 is 33.3 Å². The van der Waals surface area contributed by atoms with E-state index in [2.05, 4.69) is 36.6 Å². The molecule has 1 heterocycles. The minimum absolute atomic E-state index is 0.125. The van der Waals surface area contributed by atoms with Gasteiger partial charge in [-0.25, -0.2) is 20.2 Å².